The predicted molar refractivity (Wildman–Crippen MR) is 111 cm³/mol. The van der Waals surface area contributed by atoms with Gasteiger partial charge in [0.25, 0.3) is 0 Å². The Labute approximate surface area is 166 Å². The molecule has 1 fully saturated rings. The number of benzene rings is 1. The van der Waals surface area contributed by atoms with E-state index in [1.807, 2.05) is 37.3 Å². The Hall–Kier alpha value is -1.56. The standard InChI is InChI=1S/C20H26ClN3OS/c1-16-14-17(7-8-19(16)21)22-20(26)24(15-18-6-5-13-25-18)12-11-23-9-3-2-4-10-23/h5-8,13-14H,2-4,9-12,15H2,1H3,(H,22,26)/p+1. The maximum Gasteiger partial charge on any atom is 0.174 e. The van der Waals surface area contributed by atoms with Crippen molar-refractivity contribution in [2.75, 3.05) is 31.5 Å². The van der Waals surface area contributed by atoms with E-state index < -0.39 is 0 Å². The summed E-state index contributed by atoms with van der Waals surface area (Å²) >= 11 is 11.8. The first-order valence-corrected chi connectivity index (χ1v) is 10.1. The fourth-order valence-electron chi connectivity index (χ4n) is 3.36. The minimum atomic E-state index is 0.679. The van der Waals surface area contributed by atoms with Gasteiger partial charge in [0.15, 0.2) is 5.11 Å². The van der Waals surface area contributed by atoms with Crippen LogP contribution in [0.1, 0.15) is 30.6 Å². The van der Waals surface area contributed by atoms with Crippen molar-refractivity contribution in [3.05, 3.63) is 52.9 Å². The second kappa shape index (κ2) is 9.40. The molecule has 0 atom stereocenters. The topological polar surface area (TPSA) is 32.9 Å². The van der Waals surface area contributed by atoms with Crippen molar-refractivity contribution in [3.8, 4) is 0 Å². The Morgan fingerprint density at radius 3 is 2.77 bits per heavy atom. The fraction of sp³-hybridized carbons (Fsp3) is 0.450. The van der Waals surface area contributed by atoms with Gasteiger partial charge < -0.3 is 19.5 Å². The molecule has 0 radical (unpaired) electrons. The average Bonchev–Trinajstić information content (AvgIpc) is 3.15. The van der Waals surface area contributed by atoms with Gasteiger partial charge in [-0.1, -0.05) is 11.6 Å². The SMILES string of the molecule is Cc1cc(NC(=S)N(CC[NH+]2CCCCC2)Cc2ccco2)ccc1Cl. The summed E-state index contributed by atoms with van der Waals surface area (Å²) < 4.78 is 5.54. The van der Waals surface area contributed by atoms with Gasteiger partial charge in [0.1, 0.15) is 5.76 Å². The molecule has 2 aromatic rings. The van der Waals surface area contributed by atoms with E-state index in [1.165, 1.54) is 32.4 Å². The van der Waals surface area contributed by atoms with Crippen LogP contribution in [0, 0.1) is 6.92 Å². The summed E-state index contributed by atoms with van der Waals surface area (Å²) in [5.74, 6) is 0.926. The molecule has 1 aromatic carbocycles. The first-order valence-electron chi connectivity index (χ1n) is 9.30. The smallest absolute Gasteiger partial charge is 0.174 e. The number of rotatable bonds is 6. The zero-order valence-corrected chi connectivity index (χ0v) is 16.8. The molecule has 140 valence electrons. The van der Waals surface area contributed by atoms with Gasteiger partial charge in [-0.05, 0) is 74.3 Å². The zero-order valence-electron chi connectivity index (χ0n) is 15.3. The number of halogens is 1. The maximum atomic E-state index is 6.12. The van der Waals surface area contributed by atoms with Crippen LogP contribution in [0.25, 0.3) is 0 Å². The van der Waals surface area contributed by atoms with Crippen LogP contribution in [0.3, 0.4) is 0 Å². The fourth-order valence-corrected chi connectivity index (χ4v) is 3.75. The molecule has 1 aliphatic rings. The van der Waals surface area contributed by atoms with E-state index in [1.54, 1.807) is 11.2 Å². The lowest BCUT2D eigenvalue weighted by Crippen LogP contribution is -3.13. The van der Waals surface area contributed by atoms with Crippen molar-refractivity contribution in [1.29, 1.82) is 0 Å². The van der Waals surface area contributed by atoms with Gasteiger partial charge in [-0.3, -0.25) is 0 Å². The van der Waals surface area contributed by atoms with E-state index in [2.05, 4.69) is 10.2 Å². The van der Waals surface area contributed by atoms with Gasteiger partial charge in [0.2, 0.25) is 0 Å². The highest BCUT2D eigenvalue weighted by Crippen LogP contribution is 2.20. The Morgan fingerprint density at radius 2 is 2.08 bits per heavy atom. The van der Waals surface area contributed by atoms with Crippen molar-refractivity contribution in [3.63, 3.8) is 0 Å². The molecule has 4 nitrogen and oxygen atoms in total. The molecule has 26 heavy (non-hydrogen) atoms. The van der Waals surface area contributed by atoms with E-state index in [0.29, 0.717) is 6.54 Å². The molecule has 2 heterocycles. The van der Waals surface area contributed by atoms with Crippen LogP contribution >= 0.6 is 23.8 Å². The minimum absolute atomic E-state index is 0.679. The molecule has 3 rings (SSSR count). The van der Waals surface area contributed by atoms with Crippen LogP contribution in [0.15, 0.2) is 41.0 Å². The number of thiocarbonyl (C=S) groups is 1. The lowest BCUT2D eigenvalue weighted by atomic mass is 10.1. The number of nitrogens with zero attached hydrogens (tertiary/aromatic N) is 1. The van der Waals surface area contributed by atoms with Crippen LogP contribution in [0.5, 0.6) is 0 Å². The zero-order chi connectivity index (χ0) is 18.4. The summed E-state index contributed by atoms with van der Waals surface area (Å²) in [5.41, 5.74) is 2.00. The van der Waals surface area contributed by atoms with E-state index in [-0.39, 0.29) is 0 Å². The monoisotopic (exact) mass is 392 g/mol. The number of hydrogen-bond donors (Lipinski definition) is 2. The lowest BCUT2D eigenvalue weighted by Gasteiger charge is -2.29. The van der Waals surface area contributed by atoms with Crippen molar-refractivity contribution in [2.45, 2.75) is 32.7 Å². The number of quaternary nitrogens is 1. The van der Waals surface area contributed by atoms with Crippen molar-refractivity contribution in [2.24, 2.45) is 0 Å². The molecular weight excluding hydrogens is 366 g/mol. The molecule has 1 saturated heterocycles. The molecule has 2 N–H and O–H groups in total. The van der Waals surface area contributed by atoms with Gasteiger partial charge in [-0.25, -0.2) is 0 Å². The summed E-state index contributed by atoms with van der Waals surface area (Å²) in [5, 5.41) is 4.85. The summed E-state index contributed by atoms with van der Waals surface area (Å²) in [6.45, 7) is 7.22. The second-order valence-corrected chi connectivity index (χ2v) is 7.75. The molecule has 0 amide bonds. The van der Waals surface area contributed by atoms with E-state index in [4.69, 9.17) is 28.2 Å². The van der Waals surface area contributed by atoms with Crippen molar-refractivity contribution in [1.82, 2.24) is 4.90 Å². The number of piperidine rings is 1. The quantitative estimate of drug-likeness (QED) is 0.737. The third-order valence-electron chi connectivity index (χ3n) is 4.92. The molecule has 0 aliphatic carbocycles. The van der Waals surface area contributed by atoms with Crippen LogP contribution in [-0.4, -0.2) is 36.2 Å². The molecular formula is C20H27ClN3OS+. The number of aryl methyl sites for hydroxylation is 1. The normalized spacial score (nSPS) is 15.0. The van der Waals surface area contributed by atoms with Gasteiger partial charge in [-0.15, -0.1) is 0 Å². The number of furan rings is 1. The van der Waals surface area contributed by atoms with Crippen LogP contribution in [0.2, 0.25) is 5.02 Å². The Morgan fingerprint density at radius 1 is 1.27 bits per heavy atom. The van der Waals surface area contributed by atoms with Crippen LogP contribution < -0.4 is 10.2 Å². The number of nitrogens with one attached hydrogen (secondary N) is 2. The number of likely N-dealkylation sites (tertiary alicyclic amines) is 1. The molecule has 0 saturated carbocycles. The summed E-state index contributed by atoms with van der Waals surface area (Å²) in [4.78, 5) is 3.87. The van der Waals surface area contributed by atoms with Gasteiger partial charge in [0.05, 0.1) is 39.0 Å². The molecule has 0 bridgehead atoms. The maximum absolute atomic E-state index is 6.12. The largest absolute Gasteiger partial charge is 0.467 e. The summed E-state index contributed by atoms with van der Waals surface area (Å²) in [7, 11) is 0. The van der Waals surface area contributed by atoms with Gasteiger partial charge >= 0.3 is 0 Å². The molecule has 6 heteroatoms. The highest BCUT2D eigenvalue weighted by atomic mass is 35.5. The van der Waals surface area contributed by atoms with Crippen LogP contribution in [0.4, 0.5) is 5.69 Å². The lowest BCUT2D eigenvalue weighted by molar-refractivity contribution is -0.904. The molecule has 1 aliphatic heterocycles. The average molecular weight is 393 g/mol. The highest BCUT2D eigenvalue weighted by Gasteiger charge is 2.18. The van der Waals surface area contributed by atoms with Crippen molar-refractivity contribution >= 4 is 34.6 Å². The third-order valence-corrected chi connectivity index (χ3v) is 5.70. The molecule has 0 unspecified atom stereocenters. The van der Waals surface area contributed by atoms with Crippen LogP contribution in [-0.2, 0) is 6.54 Å². The van der Waals surface area contributed by atoms with E-state index in [9.17, 15) is 0 Å². The first-order chi connectivity index (χ1) is 12.6. The Balaban J connectivity index is 1.64. The van der Waals surface area contributed by atoms with Crippen molar-refractivity contribution < 1.29 is 9.32 Å². The minimum Gasteiger partial charge on any atom is -0.467 e. The Kier molecular flexibility index (Phi) is 6.94. The first kappa shape index (κ1) is 19.2. The van der Waals surface area contributed by atoms with E-state index in [0.717, 1.165) is 40.2 Å². The van der Waals surface area contributed by atoms with Gasteiger partial charge in [-0.2, -0.15) is 0 Å². The highest BCUT2D eigenvalue weighted by molar-refractivity contribution is 7.80. The molecule has 0 spiro atoms. The summed E-state index contributed by atoms with van der Waals surface area (Å²) in [6.07, 6.45) is 5.75. The second-order valence-electron chi connectivity index (χ2n) is 6.96. The number of hydrogen-bond acceptors (Lipinski definition) is 2. The molecule has 1 aromatic heterocycles. The van der Waals surface area contributed by atoms with Gasteiger partial charge in [0, 0.05) is 10.7 Å². The third kappa shape index (κ3) is 5.47. The van der Waals surface area contributed by atoms with E-state index >= 15 is 0 Å². The predicted octanol–water partition coefficient (Wildman–Crippen LogP) is 3.51. The summed E-state index contributed by atoms with van der Waals surface area (Å²) in [6, 6.07) is 9.80. The Bertz CT molecular complexity index is 714. The number of anilines is 1.